The smallest absolute Gasteiger partial charge is 0.193 e. The van der Waals surface area contributed by atoms with E-state index in [-0.39, 0.29) is 0 Å². The van der Waals surface area contributed by atoms with Gasteiger partial charge in [-0.1, -0.05) is 88.5 Å². The normalized spacial score (nSPS) is 11.1. The summed E-state index contributed by atoms with van der Waals surface area (Å²) in [6.07, 6.45) is 11.9. The number of hydrogen-bond acceptors (Lipinski definition) is 0. The monoisotopic (exact) mass is 432 g/mol. The Hall–Kier alpha value is -2.84. The Morgan fingerprint density at radius 1 is 0.562 bits per heavy atom. The second-order valence-electron chi connectivity index (χ2n) is 8.14. The Morgan fingerprint density at radius 2 is 0.938 bits per heavy atom. The Balaban J connectivity index is 1.90. The molecule has 0 saturated heterocycles. The molecule has 0 nitrogen and oxygen atoms in total. The SMILES string of the molecule is CCCCCCCc1ccc(C#CC(F)=C(F)C#Cc2ccc(CCCCC)cc2)cc1. The molecule has 0 bridgehead atoms. The number of halogens is 2. The van der Waals surface area contributed by atoms with E-state index in [9.17, 15) is 8.78 Å². The van der Waals surface area contributed by atoms with Crippen LogP contribution in [-0.4, -0.2) is 0 Å². The van der Waals surface area contributed by atoms with Gasteiger partial charge in [-0.2, -0.15) is 8.78 Å². The fraction of sp³-hybridized carbons (Fsp3) is 0.400. The zero-order chi connectivity index (χ0) is 23.0. The Labute approximate surface area is 193 Å². The van der Waals surface area contributed by atoms with E-state index in [0.717, 1.165) is 19.3 Å². The molecule has 0 aliphatic heterocycles. The molecule has 0 aromatic heterocycles. The molecular weight excluding hydrogens is 398 g/mol. The van der Waals surface area contributed by atoms with Crippen LogP contribution in [0.4, 0.5) is 8.78 Å². The van der Waals surface area contributed by atoms with Gasteiger partial charge in [-0.05, 0) is 72.9 Å². The molecule has 0 unspecified atom stereocenters. The van der Waals surface area contributed by atoms with Gasteiger partial charge in [0.2, 0.25) is 11.7 Å². The maximum absolute atomic E-state index is 14.0. The lowest BCUT2D eigenvalue weighted by molar-refractivity contribution is 0.584. The van der Waals surface area contributed by atoms with Crippen LogP contribution in [0.25, 0.3) is 0 Å². The molecule has 2 heteroatoms. The van der Waals surface area contributed by atoms with Crippen LogP contribution in [0.15, 0.2) is 60.2 Å². The van der Waals surface area contributed by atoms with Crippen LogP contribution in [0.2, 0.25) is 0 Å². The van der Waals surface area contributed by atoms with Crippen LogP contribution in [0, 0.1) is 23.7 Å². The van der Waals surface area contributed by atoms with E-state index in [0.29, 0.717) is 11.1 Å². The number of aryl methyl sites for hydroxylation is 2. The van der Waals surface area contributed by atoms with Gasteiger partial charge >= 0.3 is 0 Å². The van der Waals surface area contributed by atoms with Crippen molar-refractivity contribution in [1.82, 2.24) is 0 Å². The van der Waals surface area contributed by atoms with Gasteiger partial charge in [0.25, 0.3) is 0 Å². The molecule has 0 heterocycles. The van der Waals surface area contributed by atoms with Crippen molar-refractivity contribution in [2.75, 3.05) is 0 Å². The highest BCUT2D eigenvalue weighted by molar-refractivity contribution is 5.45. The van der Waals surface area contributed by atoms with E-state index >= 15 is 0 Å². The summed E-state index contributed by atoms with van der Waals surface area (Å²) in [6, 6.07) is 15.4. The molecule has 0 spiro atoms. The Morgan fingerprint density at radius 3 is 1.38 bits per heavy atom. The minimum absolute atomic E-state index is 0.658. The van der Waals surface area contributed by atoms with Crippen molar-refractivity contribution in [3.8, 4) is 23.7 Å². The fourth-order valence-corrected chi connectivity index (χ4v) is 3.39. The predicted molar refractivity (Wildman–Crippen MR) is 132 cm³/mol. The summed E-state index contributed by atoms with van der Waals surface area (Å²) < 4.78 is 28.0. The largest absolute Gasteiger partial charge is 0.217 e. The van der Waals surface area contributed by atoms with Crippen LogP contribution in [0.5, 0.6) is 0 Å². The van der Waals surface area contributed by atoms with Crippen molar-refractivity contribution >= 4 is 0 Å². The second-order valence-corrected chi connectivity index (χ2v) is 8.14. The summed E-state index contributed by atoms with van der Waals surface area (Å²) in [7, 11) is 0. The first-order valence-electron chi connectivity index (χ1n) is 11.9. The van der Waals surface area contributed by atoms with E-state index < -0.39 is 11.7 Å². The van der Waals surface area contributed by atoms with Gasteiger partial charge in [0, 0.05) is 11.1 Å². The van der Waals surface area contributed by atoms with Gasteiger partial charge in [0.1, 0.15) is 0 Å². The third-order valence-corrected chi connectivity index (χ3v) is 5.37. The van der Waals surface area contributed by atoms with Crippen molar-refractivity contribution in [1.29, 1.82) is 0 Å². The van der Waals surface area contributed by atoms with Gasteiger partial charge in [0.15, 0.2) is 0 Å². The highest BCUT2D eigenvalue weighted by Crippen LogP contribution is 2.12. The van der Waals surface area contributed by atoms with Crippen molar-refractivity contribution in [3.05, 3.63) is 82.4 Å². The standard InChI is InChI=1S/C30H34F2/c1-3-5-7-8-10-12-26-15-19-28(20-16-26)22-24-30(32)29(31)23-21-27-17-13-25(14-18-27)11-9-6-4-2/h13-20H,3-12H2,1-2H3. The molecule has 0 amide bonds. The molecule has 0 radical (unpaired) electrons. The molecular formula is C30H34F2. The molecule has 2 aromatic rings. The Kier molecular flexibility index (Phi) is 12.0. The van der Waals surface area contributed by atoms with Crippen LogP contribution in [0.1, 0.15) is 87.5 Å². The third-order valence-electron chi connectivity index (χ3n) is 5.37. The molecule has 2 rings (SSSR count). The van der Waals surface area contributed by atoms with Crippen LogP contribution >= 0.6 is 0 Å². The first kappa shape index (κ1) is 25.4. The lowest BCUT2D eigenvalue weighted by Crippen LogP contribution is -1.86. The maximum Gasteiger partial charge on any atom is 0.217 e. The summed E-state index contributed by atoms with van der Waals surface area (Å²) in [5, 5.41) is 0. The highest BCUT2D eigenvalue weighted by Gasteiger charge is 2.00. The number of hydrogen-bond donors (Lipinski definition) is 0. The molecule has 0 aliphatic rings. The highest BCUT2D eigenvalue weighted by atomic mass is 19.2. The third kappa shape index (κ3) is 9.98. The van der Waals surface area contributed by atoms with E-state index in [4.69, 9.17) is 0 Å². The number of allylic oxidation sites excluding steroid dienone is 2. The van der Waals surface area contributed by atoms with Crippen molar-refractivity contribution < 1.29 is 8.78 Å². The van der Waals surface area contributed by atoms with Gasteiger partial charge in [-0.25, -0.2) is 0 Å². The molecule has 2 aromatic carbocycles. The summed E-state index contributed by atoms with van der Waals surface area (Å²) in [6.45, 7) is 4.39. The molecule has 0 saturated carbocycles. The van der Waals surface area contributed by atoms with E-state index in [1.807, 2.05) is 48.5 Å². The zero-order valence-electron chi connectivity index (χ0n) is 19.4. The average molecular weight is 433 g/mol. The minimum Gasteiger partial charge on any atom is -0.193 e. The van der Waals surface area contributed by atoms with Gasteiger partial charge in [-0.15, -0.1) is 0 Å². The van der Waals surface area contributed by atoms with Crippen LogP contribution in [0.3, 0.4) is 0 Å². The quantitative estimate of drug-likeness (QED) is 0.261. The molecule has 0 fully saturated rings. The molecule has 0 atom stereocenters. The predicted octanol–water partition coefficient (Wildman–Crippen LogP) is 8.49. The lowest BCUT2D eigenvalue weighted by atomic mass is 10.0. The fourth-order valence-electron chi connectivity index (χ4n) is 3.39. The summed E-state index contributed by atoms with van der Waals surface area (Å²) in [5.74, 6) is 7.56. The van der Waals surface area contributed by atoms with Gasteiger partial charge in [0.05, 0.1) is 0 Å². The zero-order valence-corrected chi connectivity index (χ0v) is 19.4. The molecule has 0 N–H and O–H groups in total. The summed E-state index contributed by atoms with van der Waals surface area (Å²) in [5.41, 5.74) is 3.80. The molecule has 168 valence electrons. The topological polar surface area (TPSA) is 0 Å². The van der Waals surface area contributed by atoms with Crippen LogP contribution < -0.4 is 0 Å². The van der Waals surface area contributed by atoms with Crippen LogP contribution in [-0.2, 0) is 12.8 Å². The summed E-state index contributed by atoms with van der Waals surface area (Å²) in [4.78, 5) is 0. The number of rotatable bonds is 10. The minimum atomic E-state index is -1.13. The van der Waals surface area contributed by atoms with Crippen molar-refractivity contribution in [2.45, 2.75) is 78.1 Å². The lowest BCUT2D eigenvalue weighted by Gasteiger charge is -2.01. The van der Waals surface area contributed by atoms with E-state index in [1.165, 1.54) is 56.1 Å². The Bertz CT molecular complexity index is 958. The van der Waals surface area contributed by atoms with Crippen molar-refractivity contribution in [2.24, 2.45) is 0 Å². The first-order chi connectivity index (χ1) is 15.6. The molecule has 0 aliphatic carbocycles. The molecule has 32 heavy (non-hydrogen) atoms. The number of benzene rings is 2. The van der Waals surface area contributed by atoms with E-state index in [1.54, 1.807) is 0 Å². The maximum atomic E-state index is 14.0. The summed E-state index contributed by atoms with van der Waals surface area (Å²) >= 11 is 0. The van der Waals surface area contributed by atoms with Gasteiger partial charge < -0.3 is 0 Å². The number of unbranched alkanes of at least 4 members (excludes halogenated alkanes) is 6. The van der Waals surface area contributed by atoms with Gasteiger partial charge in [-0.3, -0.25) is 0 Å². The second kappa shape index (κ2) is 15.0. The first-order valence-corrected chi connectivity index (χ1v) is 11.9. The average Bonchev–Trinajstić information content (AvgIpc) is 2.82. The van der Waals surface area contributed by atoms with Crippen molar-refractivity contribution in [3.63, 3.8) is 0 Å². The van der Waals surface area contributed by atoms with E-state index in [2.05, 4.69) is 37.5 Å².